The van der Waals surface area contributed by atoms with Crippen molar-refractivity contribution in [3.05, 3.63) is 69.7 Å². The second-order valence-electron chi connectivity index (χ2n) is 4.98. The second-order valence-corrected chi connectivity index (χ2v) is 5.90. The molecule has 0 saturated carbocycles. The standard InChI is InChI=1S/C17H18BrNO/c1-13-10-15(12-16(18)11-13)17(20)19(2)9-8-14-6-4-3-5-7-14/h3-7,10-12H,8-9H2,1-2H3. The molecule has 20 heavy (non-hydrogen) atoms. The number of carbonyl (C=O) groups excluding carboxylic acids is 1. The van der Waals surface area contributed by atoms with Crippen LogP contribution in [0.2, 0.25) is 0 Å². The molecule has 0 aliphatic carbocycles. The topological polar surface area (TPSA) is 20.3 Å². The Morgan fingerprint density at radius 3 is 2.50 bits per heavy atom. The zero-order valence-electron chi connectivity index (χ0n) is 11.8. The first-order valence-corrected chi connectivity index (χ1v) is 7.42. The van der Waals surface area contributed by atoms with E-state index in [1.54, 1.807) is 4.90 Å². The highest BCUT2D eigenvalue weighted by molar-refractivity contribution is 9.10. The summed E-state index contributed by atoms with van der Waals surface area (Å²) in [6.07, 6.45) is 0.871. The summed E-state index contributed by atoms with van der Waals surface area (Å²) >= 11 is 3.44. The summed E-state index contributed by atoms with van der Waals surface area (Å²) in [5.74, 6) is 0.0605. The van der Waals surface area contributed by atoms with Crippen molar-refractivity contribution < 1.29 is 4.79 Å². The van der Waals surface area contributed by atoms with Gasteiger partial charge in [-0.25, -0.2) is 0 Å². The molecule has 104 valence electrons. The molecule has 0 aliphatic heterocycles. The highest BCUT2D eigenvalue weighted by Gasteiger charge is 2.12. The average Bonchev–Trinajstić information content (AvgIpc) is 2.44. The third kappa shape index (κ3) is 3.94. The molecule has 2 aromatic carbocycles. The van der Waals surface area contributed by atoms with E-state index < -0.39 is 0 Å². The Labute approximate surface area is 128 Å². The summed E-state index contributed by atoms with van der Waals surface area (Å²) in [5.41, 5.74) is 3.06. The number of amides is 1. The average molecular weight is 332 g/mol. The number of hydrogen-bond acceptors (Lipinski definition) is 1. The van der Waals surface area contributed by atoms with Crippen LogP contribution in [0, 0.1) is 6.92 Å². The lowest BCUT2D eigenvalue weighted by Gasteiger charge is -2.17. The number of rotatable bonds is 4. The molecule has 0 fully saturated rings. The van der Waals surface area contributed by atoms with Gasteiger partial charge in [0.25, 0.3) is 5.91 Å². The number of halogens is 1. The van der Waals surface area contributed by atoms with Crippen LogP contribution in [0.4, 0.5) is 0 Å². The van der Waals surface area contributed by atoms with Gasteiger partial charge in [0.2, 0.25) is 0 Å². The molecule has 0 heterocycles. The minimum atomic E-state index is 0.0605. The molecule has 2 aromatic rings. The van der Waals surface area contributed by atoms with Crippen molar-refractivity contribution in [2.45, 2.75) is 13.3 Å². The Hall–Kier alpha value is -1.61. The molecule has 0 N–H and O–H groups in total. The Kier molecular flexibility index (Phi) is 4.96. The fourth-order valence-corrected chi connectivity index (χ4v) is 2.73. The number of nitrogens with zero attached hydrogens (tertiary/aromatic N) is 1. The van der Waals surface area contributed by atoms with Crippen LogP contribution in [0.3, 0.4) is 0 Å². The summed E-state index contributed by atoms with van der Waals surface area (Å²) < 4.78 is 0.942. The molecule has 0 spiro atoms. The lowest BCUT2D eigenvalue weighted by atomic mass is 10.1. The van der Waals surface area contributed by atoms with Crippen molar-refractivity contribution in [1.29, 1.82) is 0 Å². The van der Waals surface area contributed by atoms with E-state index in [-0.39, 0.29) is 5.91 Å². The predicted molar refractivity (Wildman–Crippen MR) is 86.0 cm³/mol. The number of carbonyl (C=O) groups is 1. The van der Waals surface area contributed by atoms with Crippen LogP contribution >= 0.6 is 15.9 Å². The molecule has 2 nitrogen and oxygen atoms in total. The lowest BCUT2D eigenvalue weighted by Crippen LogP contribution is -2.28. The Bertz CT molecular complexity index is 575. The van der Waals surface area contributed by atoms with Gasteiger partial charge in [-0.15, -0.1) is 0 Å². The van der Waals surface area contributed by atoms with E-state index in [9.17, 15) is 4.79 Å². The van der Waals surface area contributed by atoms with Gasteiger partial charge in [-0.05, 0) is 42.7 Å². The smallest absolute Gasteiger partial charge is 0.253 e. The molecule has 0 aliphatic rings. The molecule has 1 amide bonds. The van der Waals surface area contributed by atoms with Crippen LogP contribution in [0.5, 0.6) is 0 Å². The van der Waals surface area contributed by atoms with Crippen LogP contribution in [0.1, 0.15) is 21.5 Å². The zero-order chi connectivity index (χ0) is 14.5. The van der Waals surface area contributed by atoms with E-state index in [0.29, 0.717) is 6.54 Å². The van der Waals surface area contributed by atoms with Gasteiger partial charge in [0.15, 0.2) is 0 Å². The molecule has 0 saturated heterocycles. The van der Waals surface area contributed by atoms with Crippen molar-refractivity contribution >= 4 is 21.8 Å². The third-order valence-electron chi connectivity index (χ3n) is 3.21. The maximum Gasteiger partial charge on any atom is 0.253 e. The van der Waals surface area contributed by atoms with Gasteiger partial charge in [0.05, 0.1) is 0 Å². The van der Waals surface area contributed by atoms with Crippen LogP contribution in [-0.4, -0.2) is 24.4 Å². The molecular formula is C17H18BrNO. The summed E-state index contributed by atoms with van der Waals surface area (Å²) in [7, 11) is 1.85. The molecule has 0 radical (unpaired) electrons. The fraction of sp³-hybridized carbons (Fsp3) is 0.235. The van der Waals surface area contributed by atoms with E-state index in [0.717, 1.165) is 22.0 Å². The van der Waals surface area contributed by atoms with Gasteiger partial charge < -0.3 is 4.90 Å². The van der Waals surface area contributed by atoms with Crippen LogP contribution in [0.25, 0.3) is 0 Å². The molecular weight excluding hydrogens is 314 g/mol. The summed E-state index contributed by atoms with van der Waals surface area (Å²) in [5, 5.41) is 0. The van der Waals surface area contributed by atoms with Crippen molar-refractivity contribution in [1.82, 2.24) is 4.90 Å². The lowest BCUT2D eigenvalue weighted by molar-refractivity contribution is 0.0796. The zero-order valence-corrected chi connectivity index (χ0v) is 13.4. The van der Waals surface area contributed by atoms with Crippen LogP contribution < -0.4 is 0 Å². The van der Waals surface area contributed by atoms with E-state index >= 15 is 0 Å². The summed E-state index contributed by atoms with van der Waals surface area (Å²) in [6, 6.07) is 16.0. The monoisotopic (exact) mass is 331 g/mol. The number of benzene rings is 2. The normalized spacial score (nSPS) is 10.3. The van der Waals surface area contributed by atoms with Crippen LogP contribution in [0.15, 0.2) is 53.0 Å². The number of aryl methyl sites for hydroxylation is 1. The highest BCUT2D eigenvalue weighted by Crippen LogP contribution is 2.16. The van der Waals surface area contributed by atoms with E-state index in [2.05, 4.69) is 28.1 Å². The maximum absolute atomic E-state index is 12.4. The Morgan fingerprint density at radius 1 is 1.15 bits per heavy atom. The molecule has 3 heteroatoms. The minimum Gasteiger partial charge on any atom is -0.341 e. The number of likely N-dealkylation sites (N-methyl/N-ethyl adjacent to an activating group) is 1. The molecule has 0 unspecified atom stereocenters. The minimum absolute atomic E-state index is 0.0605. The fourth-order valence-electron chi connectivity index (χ4n) is 2.12. The van der Waals surface area contributed by atoms with E-state index in [1.165, 1.54) is 5.56 Å². The first-order valence-electron chi connectivity index (χ1n) is 6.63. The highest BCUT2D eigenvalue weighted by atomic mass is 79.9. The molecule has 0 atom stereocenters. The summed E-state index contributed by atoms with van der Waals surface area (Å²) in [4.78, 5) is 14.1. The number of hydrogen-bond donors (Lipinski definition) is 0. The largest absolute Gasteiger partial charge is 0.341 e. The maximum atomic E-state index is 12.4. The van der Waals surface area contributed by atoms with Gasteiger partial charge in [-0.3, -0.25) is 4.79 Å². The van der Waals surface area contributed by atoms with Gasteiger partial charge in [0.1, 0.15) is 0 Å². The van der Waals surface area contributed by atoms with Crippen molar-refractivity contribution in [3.8, 4) is 0 Å². The quantitative estimate of drug-likeness (QED) is 0.826. The van der Waals surface area contributed by atoms with E-state index in [4.69, 9.17) is 0 Å². The van der Waals surface area contributed by atoms with Crippen molar-refractivity contribution in [2.24, 2.45) is 0 Å². The van der Waals surface area contributed by atoms with E-state index in [1.807, 2.05) is 50.4 Å². The summed E-state index contributed by atoms with van der Waals surface area (Å²) in [6.45, 7) is 2.71. The Balaban J connectivity index is 2.01. The molecule has 0 aromatic heterocycles. The second kappa shape index (κ2) is 6.71. The van der Waals surface area contributed by atoms with Gasteiger partial charge in [-0.2, -0.15) is 0 Å². The first-order chi connectivity index (χ1) is 9.56. The van der Waals surface area contributed by atoms with Gasteiger partial charge in [0, 0.05) is 23.6 Å². The molecule has 2 rings (SSSR count). The van der Waals surface area contributed by atoms with Crippen molar-refractivity contribution in [2.75, 3.05) is 13.6 Å². The van der Waals surface area contributed by atoms with Gasteiger partial charge >= 0.3 is 0 Å². The molecule has 0 bridgehead atoms. The third-order valence-corrected chi connectivity index (χ3v) is 3.67. The van der Waals surface area contributed by atoms with Gasteiger partial charge in [-0.1, -0.05) is 46.3 Å². The SMILES string of the molecule is Cc1cc(Br)cc(C(=O)N(C)CCc2ccccc2)c1. The predicted octanol–water partition coefficient (Wildman–Crippen LogP) is 4.07. The first kappa shape index (κ1) is 14.8. The van der Waals surface area contributed by atoms with Crippen molar-refractivity contribution in [3.63, 3.8) is 0 Å². The van der Waals surface area contributed by atoms with Crippen LogP contribution in [-0.2, 0) is 6.42 Å². The Morgan fingerprint density at radius 2 is 1.85 bits per heavy atom.